The molecule has 0 spiro atoms. The molecular weight excluding hydrogens is 472 g/mol. The predicted octanol–water partition coefficient (Wildman–Crippen LogP) is 9.79. The number of alkyl halides is 1. The molecule has 0 aliphatic heterocycles. The maximum atomic E-state index is 12.5. The number of benzene rings is 2. The van der Waals surface area contributed by atoms with E-state index < -0.39 is 0 Å². The van der Waals surface area contributed by atoms with Gasteiger partial charge < -0.3 is 4.74 Å². The van der Waals surface area contributed by atoms with Gasteiger partial charge in [0, 0.05) is 0 Å². The van der Waals surface area contributed by atoms with Gasteiger partial charge in [0.2, 0.25) is 0 Å². The highest BCUT2D eigenvalue weighted by molar-refractivity contribution is 9.09. The van der Waals surface area contributed by atoms with Crippen LogP contribution in [0.5, 0.6) is 0 Å². The average molecular weight is 514 g/mol. The van der Waals surface area contributed by atoms with Crippen LogP contribution in [0.2, 0.25) is 0 Å². The molecule has 2 aromatic rings. The molecule has 2 nitrogen and oxygen atoms in total. The van der Waals surface area contributed by atoms with E-state index in [1.807, 2.05) is 12.1 Å². The molecule has 0 aromatic heterocycles. The number of rotatable bonds is 16. The number of hydrogen-bond donors (Lipinski definition) is 0. The molecule has 33 heavy (non-hydrogen) atoms. The van der Waals surface area contributed by atoms with E-state index >= 15 is 0 Å². The van der Waals surface area contributed by atoms with E-state index in [1.165, 1.54) is 93.7 Å². The smallest absolute Gasteiger partial charge is 0.338 e. The monoisotopic (exact) mass is 512 g/mol. The van der Waals surface area contributed by atoms with Crippen molar-refractivity contribution in [3.05, 3.63) is 59.2 Å². The minimum atomic E-state index is -0.205. The molecule has 3 heteroatoms. The lowest BCUT2D eigenvalue weighted by Gasteiger charge is -2.08. The molecule has 180 valence electrons. The summed E-state index contributed by atoms with van der Waals surface area (Å²) in [5.74, 6) is -0.205. The van der Waals surface area contributed by atoms with Gasteiger partial charge in [0.1, 0.15) is 0 Å². The number of unbranched alkanes of at least 4 members (excludes halogenated alkanes) is 13. The standard InChI is InChI=1S/C30H41BrO2/c1-2-3-4-5-6-7-8-9-10-11-12-13-14-17-22-33-30(32)24-20-21-26-25-18-15-16-19-27(25)29(31)28(26)23-24/h15-16,18-21,23,29H,2-14,17,22H2,1H3. The summed E-state index contributed by atoms with van der Waals surface area (Å²) in [6, 6.07) is 14.3. The van der Waals surface area contributed by atoms with Crippen LogP contribution in [-0.4, -0.2) is 12.6 Å². The van der Waals surface area contributed by atoms with Crippen molar-refractivity contribution in [2.45, 2.75) is 102 Å². The summed E-state index contributed by atoms with van der Waals surface area (Å²) in [4.78, 5) is 12.7. The third-order valence-electron chi connectivity index (χ3n) is 6.82. The number of halogens is 1. The molecule has 0 radical (unpaired) electrons. The minimum Gasteiger partial charge on any atom is -0.462 e. The topological polar surface area (TPSA) is 26.3 Å². The summed E-state index contributed by atoms with van der Waals surface area (Å²) >= 11 is 3.79. The van der Waals surface area contributed by atoms with E-state index in [9.17, 15) is 4.79 Å². The van der Waals surface area contributed by atoms with Gasteiger partial charge in [0.05, 0.1) is 17.0 Å². The highest BCUT2D eigenvalue weighted by Gasteiger charge is 2.27. The Morgan fingerprint density at radius 2 is 1.27 bits per heavy atom. The van der Waals surface area contributed by atoms with Crippen LogP contribution < -0.4 is 0 Å². The first-order chi connectivity index (χ1) is 16.2. The Labute approximate surface area is 209 Å². The lowest BCUT2D eigenvalue weighted by molar-refractivity contribution is 0.0497. The zero-order valence-electron chi connectivity index (χ0n) is 20.4. The van der Waals surface area contributed by atoms with Gasteiger partial charge in [0.25, 0.3) is 0 Å². The number of ether oxygens (including phenoxy) is 1. The Hall–Kier alpha value is -1.61. The minimum absolute atomic E-state index is 0.141. The first kappa shape index (κ1) is 26.0. The van der Waals surface area contributed by atoms with E-state index in [4.69, 9.17) is 4.74 Å². The zero-order valence-corrected chi connectivity index (χ0v) is 22.0. The third-order valence-corrected chi connectivity index (χ3v) is 7.80. The van der Waals surface area contributed by atoms with Gasteiger partial charge in [-0.3, -0.25) is 0 Å². The van der Waals surface area contributed by atoms with Crippen molar-refractivity contribution in [2.75, 3.05) is 6.61 Å². The number of fused-ring (bicyclic) bond motifs is 3. The second kappa shape index (κ2) is 14.6. The quantitative estimate of drug-likeness (QED) is 0.127. The van der Waals surface area contributed by atoms with Crippen LogP contribution >= 0.6 is 15.9 Å². The van der Waals surface area contributed by atoms with Gasteiger partial charge in [-0.15, -0.1) is 0 Å². The number of esters is 1. The molecule has 1 aliphatic rings. The van der Waals surface area contributed by atoms with E-state index in [2.05, 4.69) is 53.2 Å². The van der Waals surface area contributed by atoms with Gasteiger partial charge in [-0.2, -0.15) is 0 Å². The first-order valence-corrected chi connectivity index (χ1v) is 14.2. The van der Waals surface area contributed by atoms with Crippen LogP contribution in [0.25, 0.3) is 11.1 Å². The van der Waals surface area contributed by atoms with Crippen molar-refractivity contribution in [3.63, 3.8) is 0 Å². The third kappa shape index (κ3) is 7.98. The molecule has 0 amide bonds. The second-order valence-corrected chi connectivity index (χ2v) is 10.4. The van der Waals surface area contributed by atoms with Crippen molar-refractivity contribution in [2.24, 2.45) is 0 Å². The van der Waals surface area contributed by atoms with Crippen molar-refractivity contribution < 1.29 is 9.53 Å². The summed E-state index contributed by atoms with van der Waals surface area (Å²) in [7, 11) is 0. The fourth-order valence-corrected chi connectivity index (χ4v) is 5.60. The highest BCUT2D eigenvalue weighted by Crippen LogP contribution is 2.48. The van der Waals surface area contributed by atoms with E-state index in [0.717, 1.165) is 18.4 Å². The number of hydrogen-bond acceptors (Lipinski definition) is 2. The normalized spacial score (nSPS) is 14.2. The number of carbonyl (C=O) groups excluding carboxylic acids is 1. The Balaban J connectivity index is 1.22. The molecular formula is C30H41BrO2. The Kier molecular flexibility index (Phi) is 11.5. The zero-order chi connectivity index (χ0) is 23.3. The van der Waals surface area contributed by atoms with Crippen molar-refractivity contribution in [3.8, 4) is 11.1 Å². The molecule has 1 atom stereocenters. The molecule has 0 saturated carbocycles. The maximum Gasteiger partial charge on any atom is 0.338 e. The summed E-state index contributed by atoms with van der Waals surface area (Å²) < 4.78 is 5.55. The summed E-state index contributed by atoms with van der Waals surface area (Å²) in [5.41, 5.74) is 5.52. The SMILES string of the molecule is CCCCCCCCCCCCCCCCOC(=O)c1ccc2c(c1)C(Br)c1ccccc1-2. The fraction of sp³-hybridized carbons (Fsp3) is 0.567. The van der Waals surface area contributed by atoms with Crippen molar-refractivity contribution >= 4 is 21.9 Å². The van der Waals surface area contributed by atoms with Crippen LogP contribution in [0, 0.1) is 0 Å². The summed E-state index contributed by atoms with van der Waals surface area (Å²) in [6.07, 6.45) is 18.6. The molecule has 2 aromatic carbocycles. The second-order valence-electron chi connectivity index (χ2n) is 9.48. The largest absolute Gasteiger partial charge is 0.462 e. The van der Waals surface area contributed by atoms with Gasteiger partial charge in [-0.25, -0.2) is 4.79 Å². The van der Waals surface area contributed by atoms with E-state index in [0.29, 0.717) is 12.2 Å². The predicted molar refractivity (Wildman–Crippen MR) is 143 cm³/mol. The van der Waals surface area contributed by atoms with Gasteiger partial charge in [-0.05, 0) is 40.8 Å². The van der Waals surface area contributed by atoms with Gasteiger partial charge in [-0.1, -0.05) is 137 Å². The van der Waals surface area contributed by atoms with Gasteiger partial charge >= 0.3 is 5.97 Å². The highest BCUT2D eigenvalue weighted by atomic mass is 79.9. The molecule has 3 rings (SSSR count). The lowest BCUT2D eigenvalue weighted by Crippen LogP contribution is -2.07. The van der Waals surface area contributed by atoms with Crippen molar-refractivity contribution in [1.29, 1.82) is 0 Å². The van der Waals surface area contributed by atoms with Crippen LogP contribution in [0.15, 0.2) is 42.5 Å². The molecule has 0 heterocycles. The molecule has 1 aliphatic carbocycles. The molecule has 0 fully saturated rings. The van der Waals surface area contributed by atoms with Gasteiger partial charge in [0.15, 0.2) is 0 Å². The van der Waals surface area contributed by atoms with Crippen molar-refractivity contribution in [1.82, 2.24) is 0 Å². The Bertz CT molecular complexity index is 860. The average Bonchev–Trinajstić information content (AvgIpc) is 3.13. The van der Waals surface area contributed by atoms with E-state index in [1.54, 1.807) is 0 Å². The maximum absolute atomic E-state index is 12.5. The Morgan fingerprint density at radius 1 is 0.727 bits per heavy atom. The van der Waals surface area contributed by atoms with Crippen LogP contribution in [0.3, 0.4) is 0 Å². The van der Waals surface area contributed by atoms with E-state index in [-0.39, 0.29) is 10.8 Å². The van der Waals surface area contributed by atoms with Crippen LogP contribution in [0.1, 0.15) is 123 Å². The molecule has 1 unspecified atom stereocenters. The molecule has 0 N–H and O–H groups in total. The summed E-state index contributed by atoms with van der Waals surface area (Å²) in [5, 5.41) is 0. The fourth-order valence-electron chi connectivity index (χ4n) is 4.82. The molecule has 0 saturated heterocycles. The molecule has 0 bridgehead atoms. The summed E-state index contributed by atoms with van der Waals surface area (Å²) in [6.45, 7) is 2.80. The first-order valence-electron chi connectivity index (χ1n) is 13.3. The number of carbonyl (C=O) groups is 1. The van der Waals surface area contributed by atoms with Crippen LogP contribution in [-0.2, 0) is 4.74 Å². The van der Waals surface area contributed by atoms with Crippen LogP contribution in [0.4, 0.5) is 0 Å². The Morgan fingerprint density at radius 3 is 1.91 bits per heavy atom. The lowest BCUT2D eigenvalue weighted by atomic mass is 10.0.